The van der Waals surface area contributed by atoms with Crippen molar-refractivity contribution in [3.05, 3.63) is 60.2 Å². The average molecular weight is 361 g/mol. The van der Waals surface area contributed by atoms with Gasteiger partial charge in [-0.05, 0) is 48.7 Å². The van der Waals surface area contributed by atoms with Crippen molar-refractivity contribution >= 4 is 23.0 Å². The zero-order valence-corrected chi connectivity index (χ0v) is 13.7. The van der Waals surface area contributed by atoms with Crippen molar-refractivity contribution < 1.29 is 21.6 Å². The largest absolute Gasteiger partial charge is 0.508 e. The predicted molar refractivity (Wildman–Crippen MR) is 85.1 cm³/mol. The van der Waals surface area contributed by atoms with Gasteiger partial charge in [-0.15, -0.1) is 0 Å². The zero-order chi connectivity index (χ0) is 16.9. The summed E-state index contributed by atoms with van der Waals surface area (Å²) in [5.74, 6) is -0.0904. The smallest absolute Gasteiger partial charge is 0.394 e. The van der Waals surface area contributed by atoms with E-state index in [1.165, 1.54) is 24.1 Å². The van der Waals surface area contributed by atoms with E-state index in [9.17, 15) is 17.4 Å². The summed E-state index contributed by atoms with van der Waals surface area (Å²) in [6.45, 7) is 1.93. The molecular weight excluding hydrogens is 347 g/mol. The first-order valence-electron chi connectivity index (χ1n) is 6.60. The summed E-state index contributed by atoms with van der Waals surface area (Å²) >= 11 is -1.89. The van der Waals surface area contributed by atoms with Gasteiger partial charge < -0.3 is 4.18 Å². The number of benzene rings is 2. The second-order valence-electron chi connectivity index (χ2n) is 4.59. The number of hydrogen-bond donors (Lipinski definition) is 1. The highest BCUT2D eigenvalue weighted by Gasteiger charge is 2.40. The lowest BCUT2D eigenvalue weighted by Gasteiger charge is -2.14. The molecule has 1 N–H and O–H groups in total. The average Bonchev–Trinajstić information content (AvgIpc) is 2.53. The minimum atomic E-state index is -4.89. The highest BCUT2D eigenvalue weighted by Crippen LogP contribution is 2.26. The Bertz CT molecular complexity index is 648. The fourth-order valence-electron chi connectivity index (χ4n) is 1.66. The number of hydrogen-bond acceptors (Lipinski definition) is 4. The Hall–Kier alpha value is -1.51. The van der Waals surface area contributed by atoms with Crippen LogP contribution < -0.4 is 8.91 Å². The van der Waals surface area contributed by atoms with Gasteiger partial charge in [-0.25, -0.2) is 4.21 Å². The van der Waals surface area contributed by atoms with Crippen molar-refractivity contribution in [1.82, 2.24) is 4.72 Å². The van der Waals surface area contributed by atoms with Crippen molar-refractivity contribution in [3.8, 4) is 5.75 Å². The van der Waals surface area contributed by atoms with E-state index in [2.05, 4.69) is 8.91 Å². The van der Waals surface area contributed by atoms with Gasteiger partial charge in [0.15, 0.2) is 0 Å². The van der Waals surface area contributed by atoms with E-state index in [-0.39, 0.29) is 11.8 Å². The standard InChI is InChI=1S/C15H14F3NO2S2/c1-11(19-22-14-5-3-2-4-6-14)12-7-9-13(10-8-12)21-23(20)15(16,17)18/h2-11,19H,1H3/t11-,23?/m1/s1. The van der Waals surface area contributed by atoms with Crippen LogP contribution in [0.2, 0.25) is 0 Å². The lowest BCUT2D eigenvalue weighted by Crippen LogP contribution is -2.20. The van der Waals surface area contributed by atoms with Crippen molar-refractivity contribution in [2.75, 3.05) is 0 Å². The molecule has 0 aliphatic carbocycles. The first kappa shape index (κ1) is 17.8. The summed E-state index contributed by atoms with van der Waals surface area (Å²) in [5.41, 5.74) is -4.02. The third kappa shape index (κ3) is 5.56. The molecule has 0 saturated carbocycles. The van der Waals surface area contributed by atoms with Crippen molar-refractivity contribution in [2.45, 2.75) is 23.4 Å². The normalized spacial score (nSPS) is 14.3. The Morgan fingerprint density at radius 2 is 1.70 bits per heavy atom. The number of rotatable bonds is 6. The molecule has 0 saturated heterocycles. The van der Waals surface area contributed by atoms with Crippen molar-refractivity contribution in [1.29, 1.82) is 0 Å². The van der Waals surface area contributed by atoms with Crippen LogP contribution in [0.4, 0.5) is 13.2 Å². The monoisotopic (exact) mass is 361 g/mol. The van der Waals surface area contributed by atoms with Crippen LogP contribution in [0, 0.1) is 0 Å². The molecule has 2 rings (SSSR count). The van der Waals surface area contributed by atoms with Gasteiger partial charge in [0.2, 0.25) is 0 Å². The van der Waals surface area contributed by atoms with E-state index in [1.54, 1.807) is 12.1 Å². The number of halogens is 3. The molecule has 2 aromatic carbocycles. The van der Waals surface area contributed by atoms with Crippen molar-refractivity contribution in [3.63, 3.8) is 0 Å². The van der Waals surface area contributed by atoms with Gasteiger partial charge in [0.1, 0.15) is 5.75 Å². The molecule has 8 heteroatoms. The van der Waals surface area contributed by atoms with Crippen LogP contribution in [0.5, 0.6) is 5.75 Å². The molecule has 1 unspecified atom stereocenters. The van der Waals surface area contributed by atoms with Gasteiger partial charge in [0, 0.05) is 10.9 Å². The predicted octanol–water partition coefficient (Wildman–Crippen LogP) is 4.61. The number of nitrogens with one attached hydrogen (secondary N) is 1. The summed E-state index contributed by atoms with van der Waals surface area (Å²) < 4.78 is 55.0. The Labute approximate surface area is 139 Å². The van der Waals surface area contributed by atoms with Gasteiger partial charge in [0.25, 0.3) is 0 Å². The van der Waals surface area contributed by atoms with Crippen LogP contribution in [0.1, 0.15) is 18.5 Å². The molecule has 0 radical (unpaired) electrons. The molecule has 0 fully saturated rings. The second kappa shape index (κ2) is 7.85. The Morgan fingerprint density at radius 1 is 1.09 bits per heavy atom. The SMILES string of the molecule is C[C@@H](NSc1ccccc1)c1ccc(OS(=O)C(F)(F)F)cc1. The Morgan fingerprint density at radius 3 is 2.26 bits per heavy atom. The van der Waals surface area contributed by atoms with E-state index in [1.807, 2.05) is 37.3 Å². The molecule has 0 heterocycles. The maximum Gasteiger partial charge on any atom is 0.508 e. The molecule has 0 aliphatic rings. The van der Waals surface area contributed by atoms with Gasteiger partial charge in [-0.1, -0.05) is 30.3 Å². The molecule has 2 aromatic rings. The first-order valence-corrected chi connectivity index (χ1v) is 8.49. The van der Waals surface area contributed by atoms with Crippen LogP contribution in [-0.4, -0.2) is 9.72 Å². The van der Waals surface area contributed by atoms with E-state index in [0.717, 1.165) is 10.5 Å². The van der Waals surface area contributed by atoms with E-state index < -0.39 is 16.6 Å². The topological polar surface area (TPSA) is 38.3 Å². The molecule has 2 atom stereocenters. The second-order valence-corrected chi connectivity index (χ2v) is 6.60. The summed E-state index contributed by atoms with van der Waals surface area (Å²) in [4.78, 5) is 1.06. The fraction of sp³-hybridized carbons (Fsp3) is 0.200. The van der Waals surface area contributed by atoms with Gasteiger partial charge in [-0.3, -0.25) is 4.72 Å². The lowest BCUT2D eigenvalue weighted by molar-refractivity contribution is -0.0437. The number of alkyl halides is 3. The van der Waals surface area contributed by atoms with Crippen LogP contribution in [0.25, 0.3) is 0 Å². The maximum atomic E-state index is 12.2. The highest BCUT2D eigenvalue weighted by molar-refractivity contribution is 7.97. The van der Waals surface area contributed by atoms with Crippen LogP contribution in [0.3, 0.4) is 0 Å². The summed E-state index contributed by atoms with van der Waals surface area (Å²) in [6.07, 6.45) is 0. The van der Waals surface area contributed by atoms with Crippen molar-refractivity contribution in [2.24, 2.45) is 0 Å². The summed E-state index contributed by atoms with van der Waals surface area (Å²) in [6, 6.07) is 15.7. The third-order valence-corrected chi connectivity index (χ3v) is 4.54. The molecule has 0 aliphatic heterocycles. The Kier molecular flexibility index (Phi) is 6.09. The van der Waals surface area contributed by atoms with E-state index >= 15 is 0 Å². The maximum absolute atomic E-state index is 12.2. The molecule has 124 valence electrons. The fourth-order valence-corrected chi connectivity index (χ4v) is 2.78. The van der Waals surface area contributed by atoms with E-state index in [4.69, 9.17) is 0 Å². The third-order valence-electron chi connectivity index (χ3n) is 2.84. The van der Waals surface area contributed by atoms with E-state index in [0.29, 0.717) is 0 Å². The molecule has 0 aromatic heterocycles. The molecule has 23 heavy (non-hydrogen) atoms. The zero-order valence-electron chi connectivity index (χ0n) is 12.0. The van der Waals surface area contributed by atoms with Gasteiger partial charge in [0.05, 0.1) is 0 Å². The molecule has 0 bridgehead atoms. The minimum Gasteiger partial charge on any atom is -0.394 e. The molecule has 3 nitrogen and oxygen atoms in total. The van der Waals surface area contributed by atoms with Gasteiger partial charge in [-0.2, -0.15) is 13.2 Å². The molecule has 0 amide bonds. The van der Waals surface area contributed by atoms with Crippen LogP contribution in [-0.2, 0) is 11.1 Å². The lowest BCUT2D eigenvalue weighted by atomic mass is 10.1. The first-order chi connectivity index (χ1) is 10.9. The Balaban J connectivity index is 1.92. The van der Waals surface area contributed by atoms with Crippen LogP contribution in [0.15, 0.2) is 59.5 Å². The molecule has 0 spiro atoms. The molecular formula is C15H14F3NO2S2. The van der Waals surface area contributed by atoms with Gasteiger partial charge >= 0.3 is 16.6 Å². The quantitative estimate of drug-likeness (QED) is 0.763. The van der Waals surface area contributed by atoms with Crippen LogP contribution >= 0.6 is 11.9 Å². The summed E-state index contributed by atoms with van der Waals surface area (Å²) in [5, 5.41) is 0. The highest BCUT2D eigenvalue weighted by atomic mass is 32.2. The minimum absolute atomic E-state index is 0.0256. The summed E-state index contributed by atoms with van der Waals surface area (Å²) in [7, 11) is 0.